The number of thioether (sulfide) groups is 1. The van der Waals surface area contributed by atoms with Crippen molar-refractivity contribution < 1.29 is 4.21 Å². The van der Waals surface area contributed by atoms with E-state index >= 15 is 0 Å². The van der Waals surface area contributed by atoms with Crippen LogP contribution in [0, 0.1) is 18.3 Å². The highest BCUT2D eigenvalue weighted by Gasteiger charge is 2.21. The third-order valence-electron chi connectivity index (χ3n) is 3.04. The van der Waals surface area contributed by atoms with Crippen molar-refractivity contribution in [2.45, 2.75) is 19.4 Å². The van der Waals surface area contributed by atoms with Gasteiger partial charge in [0.2, 0.25) is 0 Å². The first kappa shape index (κ1) is 17.4. The van der Waals surface area contributed by atoms with E-state index in [-0.39, 0.29) is 6.04 Å². The number of nitrogens with zero attached hydrogens (tertiary/aromatic N) is 4. The number of allylic oxidation sites excluding steroid dienone is 1. The van der Waals surface area contributed by atoms with Crippen LogP contribution in [0.25, 0.3) is 0 Å². The minimum absolute atomic E-state index is 0.185. The van der Waals surface area contributed by atoms with E-state index in [1.807, 2.05) is 19.2 Å². The summed E-state index contributed by atoms with van der Waals surface area (Å²) in [6.45, 7) is 1.81. The second kappa shape index (κ2) is 8.64. The number of nitriles is 1. The molecule has 9 heteroatoms. The van der Waals surface area contributed by atoms with Crippen LogP contribution in [0.15, 0.2) is 23.3 Å². The molecular weight excluding hydrogens is 332 g/mol. The van der Waals surface area contributed by atoms with E-state index in [1.54, 1.807) is 6.07 Å². The second-order valence-electron chi connectivity index (χ2n) is 4.83. The van der Waals surface area contributed by atoms with Gasteiger partial charge in [-0.3, -0.25) is 4.21 Å². The molecule has 0 saturated carbocycles. The zero-order valence-corrected chi connectivity index (χ0v) is 14.6. The molecule has 1 aliphatic heterocycles. The smallest absolute Gasteiger partial charge is 0.166 e. The molecule has 1 aliphatic rings. The molecule has 1 fully saturated rings. The Morgan fingerprint density at radius 1 is 1.57 bits per heavy atom. The molecule has 0 radical (unpaired) electrons. The van der Waals surface area contributed by atoms with Gasteiger partial charge in [0.05, 0.1) is 6.07 Å². The number of aliphatic imine (C=N–C) groups is 1. The molecule has 0 aliphatic carbocycles. The Morgan fingerprint density at radius 2 is 2.35 bits per heavy atom. The van der Waals surface area contributed by atoms with E-state index in [9.17, 15) is 4.21 Å². The molecule has 0 amide bonds. The first-order valence-electron chi connectivity index (χ1n) is 7.01. The van der Waals surface area contributed by atoms with E-state index in [4.69, 9.17) is 5.26 Å². The molecular formula is C14H18N6OS2. The lowest BCUT2D eigenvalue weighted by atomic mass is 10.2. The van der Waals surface area contributed by atoms with Crippen LogP contribution in [0.5, 0.6) is 0 Å². The highest BCUT2D eigenvalue weighted by molar-refractivity contribution is 8.13. The maximum atomic E-state index is 11.5. The predicted octanol–water partition coefficient (Wildman–Crippen LogP) is 1.89. The number of amidine groups is 1. The number of anilines is 2. The zero-order chi connectivity index (χ0) is 16.7. The molecule has 0 spiro atoms. The summed E-state index contributed by atoms with van der Waals surface area (Å²) in [7, 11) is -0.731. The Bertz CT molecular complexity index is 682. The molecule has 0 aromatic carbocycles. The fourth-order valence-electron chi connectivity index (χ4n) is 2.08. The van der Waals surface area contributed by atoms with Gasteiger partial charge in [0, 0.05) is 46.7 Å². The highest BCUT2D eigenvalue weighted by Crippen LogP contribution is 2.17. The molecule has 2 N–H and O–H groups in total. The number of hydrogen-bond acceptors (Lipinski definition) is 7. The molecule has 1 aromatic heterocycles. The second-order valence-corrected chi connectivity index (χ2v) is 7.25. The lowest BCUT2D eigenvalue weighted by molar-refractivity contribution is 0.686. The molecule has 1 saturated heterocycles. The third-order valence-corrected chi connectivity index (χ3v) is 5.10. The Balaban J connectivity index is 2.10. The van der Waals surface area contributed by atoms with E-state index in [0.29, 0.717) is 28.4 Å². The quantitative estimate of drug-likeness (QED) is 0.485. The topological polar surface area (TPSA) is 103 Å². The van der Waals surface area contributed by atoms with Gasteiger partial charge in [-0.15, -0.1) is 0 Å². The summed E-state index contributed by atoms with van der Waals surface area (Å²) in [4.78, 5) is 12.8. The normalized spacial score (nSPS) is 21.3. The van der Waals surface area contributed by atoms with Crippen LogP contribution < -0.4 is 10.6 Å². The Kier molecular flexibility index (Phi) is 6.55. The zero-order valence-electron chi connectivity index (χ0n) is 12.9. The van der Waals surface area contributed by atoms with Gasteiger partial charge in [-0.1, -0.05) is 11.8 Å². The van der Waals surface area contributed by atoms with Crippen molar-refractivity contribution >= 4 is 39.4 Å². The molecule has 2 rings (SSSR count). The number of hydrogen-bond donors (Lipinski definition) is 2. The SMILES string of the molecule is CSC(=N/C=C/C#N)Nc1cc(NC2CCS(=O)C2)nc(C)n1. The summed E-state index contributed by atoms with van der Waals surface area (Å²) in [5.74, 6) is 3.35. The van der Waals surface area contributed by atoms with Crippen molar-refractivity contribution in [1.29, 1.82) is 5.26 Å². The van der Waals surface area contributed by atoms with E-state index in [0.717, 1.165) is 12.2 Å². The van der Waals surface area contributed by atoms with Gasteiger partial charge < -0.3 is 10.6 Å². The molecule has 7 nitrogen and oxygen atoms in total. The number of aryl methyl sites for hydroxylation is 1. The van der Waals surface area contributed by atoms with Gasteiger partial charge in [-0.2, -0.15) is 5.26 Å². The lowest BCUT2D eigenvalue weighted by Crippen LogP contribution is -2.21. The van der Waals surface area contributed by atoms with Crippen molar-refractivity contribution in [3.05, 3.63) is 24.2 Å². The molecule has 0 bridgehead atoms. The average molecular weight is 350 g/mol. The summed E-state index contributed by atoms with van der Waals surface area (Å²) < 4.78 is 11.5. The minimum Gasteiger partial charge on any atom is -0.366 e. The highest BCUT2D eigenvalue weighted by atomic mass is 32.2. The minimum atomic E-state index is -0.731. The molecule has 1 aromatic rings. The molecule has 23 heavy (non-hydrogen) atoms. The van der Waals surface area contributed by atoms with Crippen LogP contribution in [0.4, 0.5) is 11.6 Å². The molecule has 122 valence electrons. The van der Waals surface area contributed by atoms with Crippen molar-refractivity contribution in [2.24, 2.45) is 4.99 Å². The van der Waals surface area contributed by atoms with Gasteiger partial charge in [-0.25, -0.2) is 15.0 Å². The van der Waals surface area contributed by atoms with Gasteiger partial charge in [0.25, 0.3) is 0 Å². The summed E-state index contributed by atoms with van der Waals surface area (Å²) >= 11 is 1.42. The van der Waals surface area contributed by atoms with Crippen LogP contribution in [0.3, 0.4) is 0 Å². The molecule has 2 unspecified atom stereocenters. The number of aromatic nitrogens is 2. The Hall–Kier alpha value is -1.92. The van der Waals surface area contributed by atoms with Crippen molar-refractivity contribution in [2.75, 3.05) is 28.4 Å². The van der Waals surface area contributed by atoms with Crippen molar-refractivity contribution in [3.8, 4) is 6.07 Å². The fourth-order valence-corrected chi connectivity index (χ4v) is 3.86. The summed E-state index contributed by atoms with van der Waals surface area (Å²) in [5, 5.41) is 15.5. The summed E-state index contributed by atoms with van der Waals surface area (Å²) in [5.41, 5.74) is 0. The molecule has 2 heterocycles. The van der Waals surface area contributed by atoms with Crippen LogP contribution >= 0.6 is 11.8 Å². The van der Waals surface area contributed by atoms with Crippen molar-refractivity contribution in [3.63, 3.8) is 0 Å². The number of nitrogens with one attached hydrogen (secondary N) is 2. The maximum Gasteiger partial charge on any atom is 0.166 e. The molecule has 2 atom stereocenters. The van der Waals surface area contributed by atoms with E-state index in [1.165, 1.54) is 24.0 Å². The standard InChI is InChI=1S/C14H18N6OS2/c1-10-17-12(19-11-4-7-23(21)9-11)8-13(18-10)20-14(22-2)16-6-3-5-15/h3,6,8,11H,4,7,9H2,1-2H3,(H2,16,17,18,19,20)/b6-3+. The first-order chi connectivity index (χ1) is 11.1. The van der Waals surface area contributed by atoms with E-state index in [2.05, 4.69) is 25.6 Å². The van der Waals surface area contributed by atoms with Gasteiger partial charge >= 0.3 is 0 Å². The van der Waals surface area contributed by atoms with E-state index < -0.39 is 10.8 Å². The average Bonchev–Trinajstić information content (AvgIpc) is 2.91. The largest absolute Gasteiger partial charge is 0.366 e. The van der Waals surface area contributed by atoms with Gasteiger partial charge in [0.15, 0.2) is 5.17 Å². The monoisotopic (exact) mass is 350 g/mol. The first-order valence-corrected chi connectivity index (χ1v) is 9.72. The van der Waals surface area contributed by atoms with Crippen LogP contribution in [0.2, 0.25) is 0 Å². The van der Waals surface area contributed by atoms with Gasteiger partial charge in [0.1, 0.15) is 17.5 Å². The predicted molar refractivity (Wildman–Crippen MR) is 96.0 cm³/mol. The van der Waals surface area contributed by atoms with Gasteiger partial charge in [-0.05, 0) is 19.6 Å². The van der Waals surface area contributed by atoms with Crippen molar-refractivity contribution in [1.82, 2.24) is 9.97 Å². The fraction of sp³-hybridized carbons (Fsp3) is 0.429. The Morgan fingerprint density at radius 3 is 3.00 bits per heavy atom. The number of rotatable bonds is 4. The summed E-state index contributed by atoms with van der Waals surface area (Å²) in [6, 6.07) is 3.87. The van der Waals surface area contributed by atoms with Crippen LogP contribution in [0.1, 0.15) is 12.2 Å². The Labute approximate surface area is 142 Å². The lowest BCUT2D eigenvalue weighted by Gasteiger charge is -2.14. The third kappa shape index (κ3) is 5.65. The summed E-state index contributed by atoms with van der Waals surface area (Å²) in [6.07, 6.45) is 5.50. The van der Waals surface area contributed by atoms with Crippen LogP contribution in [-0.4, -0.2) is 43.1 Å². The van der Waals surface area contributed by atoms with Crippen LogP contribution in [-0.2, 0) is 10.8 Å². The maximum absolute atomic E-state index is 11.5.